The predicted molar refractivity (Wildman–Crippen MR) is 98.4 cm³/mol. The van der Waals surface area contributed by atoms with E-state index in [2.05, 4.69) is 15.8 Å². The molecule has 2 aromatic rings. The van der Waals surface area contributed by atoms with Gasteiger partial charge in [-0.25, -0.2) is 5.43 Å². The Hall–Kier alpha value is -3.48. The van der Waals surface area contributed by atoms with E-state index in [1.54, 1.807) is 24.3 Å². The lowest BCUT2D eigenvalue weighted by atomic mass is 10.2. The SMILES string of the molecule is Cc1ccccc1NCC(=O)N/N=C/C=C/c1cccc([N+](=O)[O-])c1. The zero-order valence-corrected chi connectivity index (χ0v) is 13.7. The van der Waals surface area contributed by atoms with Gasteiger partial charge in [-0.1, -0.05) is 36.4 Å². The molecule has 0 aliphatic heterocycles. The van der Waals surface area contributed by atoms with Crippen LogP contribution in [0.4, 0.5) is 11.4 Å². The molecule has 0 spiro atoms. The molecule has 0 radical (unpaired) electrons. The number of hydrogen-bond donors (Lipinski definition) is 2. The summed E-state index contributed by atoms with van der Waals surface area (Å²) >= 11 is 0. The minimum atomic E-state index is -0.451. The highest BCUT2D eigenvalue weighted by Crippen LogP contribution is 2.14. The zero-order valence-electron chi connectivity index (χ0n) is 13.7. The van der Waals surface area contributed by atoms with Gasteiger partial charge in [-0.05, 0) is 30.2 Å². The Kier molecular flexibility index (Phi) is 6.41. The number of allylic oxidation sites excluding steroid dienone is 1. The third-order valence-electron chi connectivity index (χ3n) is 3.30. The molecule has 1 amide bonds. The number of anilines is 1. The highest BCUT2D eigenvalue weighted by molar-refractivity contribution is 5.83. The number of aryl methyl sites for hydroxylation is 1. The van der Waals surface area contributed by atoms with Crippen LogP contribution in [-0.4, -0.2) is 23.6 Å². The second kappa shape index (κ2) is 8.97. The topological polar surface area (TPSA) is 96.6 Å². The molecule has 0 heterocycles. The number of rotatable bonds is 7. The predicted octanol–water partition coefficient (Wildman–Crippen LogP) is 3.13. The Labute approximate surface area is 145 Å². The van der Waals surface area contributed by atoms with Crippen LogP contribution >= 0.6 is 0 Å². The van der Waals surface area contributed by atoms with E-state index in [1.807, 2.05) is 31.2 Å². The van der Waals surface area contributed by atoms with Crippen LogP contribution in [0.2, 0.25) is 0 Å². The number of benzene rings is 2. The van der Waals surface area contributed by atoms with Gasteiger partial charge in [-0.15, -0.1) is 0 Å². The molecule has 128 valence electrons. The van der Waals surface area contributed by atoms with Gasteiger partial charge < -0.3 is 5.32 Å². The molecule has 0 aliphatic carbocycles. The summed E-state index contributed by atoms with van der Waals surface area (Å²) in [5, 5.41) is 17.5. The number of para-hydroxylation sites is 1. The number of carbonyl (C=O) groups is 1. The maximum atomic E-state index is 11.7. The average molecular weight is 338 g/mol. The van der Waals surface area contributed by atoms with Crippen LogP contribution in [0.3, 0.4) is 0 Å². The second-order valence-corrected chi connectivity index (χ2v) is 5.19. The number of nitro groups is 1. The van der Waals surface area contributed by atoms with Gasteiger partial charge in [0.1, 0.15) is 0 Å². The van der Waals surface area contributed by atoms with Gasteiger partial charge in [0, 0.05) is 24.0 Å². The number of hydrogen-bond acceptors (Lipinski definition) is 5. The van der Waals surface area contributed by atoms with Gasteiger partial charge in [-0.3, -0.25) is 14.9 Å². The summed E-state index contributed by atoms with van der Waals surface area (Å²) in [5.41, 5.74) is 5.04. The highest BCUT2D eigenvalue weighted by atomic mass is 16.6. The lowest BCUT2D eigenvalue weighted by molar-refractivity contribution is -0.384. The molecular weight excluding hydrogens is 320 g/mol. The Bertz CT molecular complexity index is 815. The molecule has 2 rings (SSSR count). The van der Waals surface area contributed by atoms with Crippen molar-refractivity contribution < 1.29 is 9.72 Å². The van der Waals surface area contributed by atoms with Crippen LogP contribution in [0.25, 0.3) is 6.08 Å². The van der Waals surface area contributed by atoms with E-state index >= 15 is 0 Å². The lowest BCUT2D eigenvalue weighted by Crippen LogP contribution is -2.25. The zero-order chi connectivity index (χ0) is 18.1. The summed E-state index contributed by atoms with van der Waals surface area (Å²) in [6.07, 6.45) is 4.66. The van der Waals surface area contributed by atoms with Crippen molar-refractivity contribution >= 4 is 29.6 Å². The fourth-order valence-electron chi connectivity index (χ4n) is 2.03. The van der Waals surface area contributed by atoms with Crippen molar-refractivity contribution in [1.82, 2.24) is 5.43 Å². The fourth-order valence-corrected chi connectivity index (χ4v) is 2.03. The minimum absolute atomic E-state index is 0.0228. The van der Waals surface area contributed by atoms with Gasteiger partial charge in [0.05, 0.1) is 11.5 Å². The summed E-state index contributed by atoms with van der Waals surface area (Å²) in [5.74, 6) is -0.275. The molecule has 25 heavy (non-hydrogen) atoms. The Morgan fingerprint density at radius 3 is 2.80 bits per heavy atom. The average Bonchev–Trinajstić information content (AvgIpc) is 2.61. The molecule has 7 heteroatoms. The molecule has 7 nitrogen and oxygen atoms in total. The molecule has 0 atom stereocenters. The van der Waals surface area contributed by atoms with Crippen LogP contribution in [0.5, 0.6) is 0 Å². The standard InChI is InChI=1S/C18H18N4O3/c1-14-6-2-3-10-17(14)19-13-18(23)21-20-11-5-8-15-7-4-9-16(12-15)22(24)25/h2-12,19H,13H2,1H3,(H,21,23)/b8-5+,20-11+. The fraction of sp³-hybridized carbons (Fsp3) is 0.111. The van der Waals surface area contributed by atoms with Gasteiger partial charge in [0.15, 0.2) is 0 Å². The van der Waals surface area contributed by atoms with Crippen LogP contribution in [-0.2, 0) is 4.79 Å². The molecule has 0 saturated heterocycles. The molecular formula is C18H18N4O3. The second-order valence-electron chi connectivity index (χ2n) is 5.19. The van der Waals surface area contributed by atoms with E-state index < -0.39 is 4.92 Å². The monoisotopic (exact) mass is 338 g/mol. The van der Waals surface area contributed by atoms with Gasteiger partial charge in [0.25, 0.3) is 11.6 Å². The van der Waals surface area contributed by atoms with E-state index in [9.17, 15) is 14.9 Å². The molecule has 2 aromatic carbocycles. The normalized spacial score (nSPS) is 10.9. The number of carbonyl (C=O) groups excluding carboxylic acids is 1. The summed E-state index contributed by atoms with van der Waals surface area (Å²) in [4.78, 5) is 21.9. The highest BCUT2D eigenvalue weighted by Gasteiger charge is 2.03. The number of hydrazone groups is 1. The van der Waals surface area contributed by atoms with Crippen molar-refractivity contribution in [2.24, 2.45) is 5.10 Å². The maximum Gasteiger partial charge on any atom is 0.270 e. The van der Waals surface area contributed by atoms with Crippen molar-refractivity contribution in [1.29, 1.82) is 0 Å². The maximum absolute atomic E-state index is 11.7. The Balaban J connectivity index is 1.79. The van der Waals surface area contributed by atoms with Crippen molar-refractivity contribution in [3.8, 4) is 0 Å². The Morgan fingerprint density at radius 1 is 1.24 bits per heavy atom. The van der Waals surface area contributed by atoms with Crippen molar-refractivity contribution in [3.63, 3.8) is 0 Å². The molecule has 0 aliphatic rings. The van der Waals surface area contributed by atoms with Crippen LogP contribution in [0.1, 0.15) is 11.1 Å². The molecule has 0 aromatic heterocycles. The van der Waals surface area contributed by atoms with Crippen molar-refractivity contribution in [3.05, 3.63) is 75.8 Å². The van der Waals surface area contributed by atoms with Crippen LogP contribution in [0, 0.1) is 17.0 Å². The summed E-state index contributed by atoms with van der Waals surface area (Å²) in [6.45, 7) is 2.06. The number of non-ortho nitro benzene ring substituents is 1. The van der Waals surface area contributed by atoms with E-state index in [0.29, 0.717) is 5.56 Å². The van der Waals surface area contributed by atoms with Crippen molar-refractivity contribution in [2.45, 2.75) is 6.92 Å². The minimum Gasteiger partial charge on any atom is -0.376 e. The molecule has 0 bridgehead atoms. The first-order chi connectivity index (χ1) is 12.1. The van der Waals surface area contributed by atoms with E-state index in [-0.39, 0.29) is 18.1 Å². The third-order valence-corrected chi connectivity index (χ3v) is 3.30. The van der Waals surface area contributed by atoms with Crippen molar-refractivity contribution in [2.75, 3.05) is 11.9 Å². The molecule has 2 N–H and O–H groups in total. The van der Waals surface area contributed by atoms with Gasteiger partial charge >= 0.3 is 0 Å². The Morgan fingerprint density at radius 2 is 2.04 bits per heavy atom. The first-order valence-corrected chi connectivity index (χ1v) is 7.59. The number of amides is 1. The number of nitro benzene ring substituents is 1. The first-order valence-electron chi connectivity index (χ1n) is 7.59. The van der Waals surface area contributed by atoms with E-state index in [0.717, 1.165) is 11.3 Å². The quantitative estimate of drug-likeness (QED) is 0.460. The smallest absolute Gasteiger partial charge is 0.270 e. The third kappa shape index (κ3) is 5.91. The largest absolute Gasteiger partial charge is 0.376 e. The molecule has 0 saturated carbocycles. The van der Waals surface area contributed by atoms with Gasteiger partial charge in [0.2, 0.25) is 0 Å². The number of nitrogens with zero attached hydrogens (tertiary/aromatic N) is 2. The lowest BCUT2D eigenvalue weighted by Gasteiger charge is -2.07. The first kappa shape index (κ1) is 17.9. The van der Waals surface area contributed by atoms with E-state index in [4.69, 9.17) is 0 Å². The molecule has 0 fully saturated rings. The van der Waals surface area contributed by atoms with Crippen LogP contribution in [0.15, 0.2) is 59.7 Å². The summed E-state index contributed by atoms with van der Waals surface area (Å²) in [7, 11) is 0. The number of nitrogens with one attached hydrogen (secondary N) is 2. The van der Waals surface area contributed by atoms with E-state index in [1.165, 1.54) is 18.3 Å². The molecule has 0 unspecified atom stereocenters. The van der Waals surface area contributed by atoms with Crippen LogP contribution < -0.4 is 10.7 Å². The van der Waals surface area contributed by atoms with Gasteiger partial charge in [-0.2, -0.15) is 5.10 Å². The summed E-state index contributed by atoms with van der Waals surface area (Å²) in [6, 6.07) is 13.9. The summed E-state index contributed by atoms with van der Waals surface area (Å²) < 4.78 is 0.